The predicted octanol–water partition coefficient (Wildman–Crippen LogP) is 2.23. The highest BCUT2D eigenvalue weighted by molar-refractivity contribution is 5.46. The van der Waals surface area contributed by atoms with Gasteiger partial charge in [-0.15, -0.1) is 0 Å². The smallest absolute Gasteiger partial charge is 0.240 e. The minimum Gasteiger partial charge on any atom is -0.333 e. The van der Waals surface area contributed by atoms with Gasteiger partial charge in [-0.25, -0.2) is 0 Å². The van der Waals surface area contributed by atoms with Gasteiger partial charge < -0.3 is 14.4 Å². The van der Waals surface area contributed by atoms with Gasteiger partial charge in [-0.05, 0) is 18.6 Å². The fourth-order valence-electron chi connectivity index (χ4n) is 1.74. The molecule has 1 aliphatic heterocycles. The van der Waals surface area contributed by atoms with E-state index in [0.29, 0.717) is 13.2 Å². The van der Waals surface area contributed by atoms with Crippen LogP contribution in [-0.2, 0) is 9.47 Å². The van der Waals surface area contributed by atoms with E-state index in [1.54, 1.807) is 0 Å². The molecule has 0 radical (unpaired) electrons. The summed E-state index contributed by atoms with van der Waals surface area (Å²) in [5.41, 5.74) is 1.16. The van der Waals surface area contributed by atoms with Crippen molar-refractivity contribution in [1.82, 2.24) is 0 Å². The highest BCUT2D eigenvalue weighted by Crippen LogP contribution is 2.20. The molecule has 0 aliphatic carbocycles. The molecule has 0 spiro atoms. The Morgan fingerprint density at radius 3 is 2.47 bits per heavy atom. The monoisotopic (exact) mass is 207 g/mol. The Labute approximate surface area is 90.6 Å². The third-order valence-electron chi connectivity index (χ3n) is 2.41. The maximum Gasteiger partial charge on any atom is 0.240 e. The Kier molecular flexibility index (Phi) is 3.59. The third-order valence-corrected chi connectivity index (χ3v) is 2.41. The summed E-state index contributed by atoms with van der Waals surface area (Å²) < 4.78 is 11.1. The molecule has 3 nitrogen and oxygen atoms in total. The van der Waals surface area contributed by atoms with Gasteiger partial charge in [-0.3, -0.25) is 0 Å². The minimum atomic E-state index is -0.202. The molecule has 0 atom stereocenters. The summed E-state index contributed by atoms with van der Waals surface area (Å²) in [6.07, 6.45) is 0.880. The molecule has 1 aliphatic rings. The van der Waals surface area contributed by atoms with Crippen molar-refractivity contribution < 1.29 is 9.47 Å². The van der Waals surface area contributed by atoms with E-state index in [4.69, 9.17) is 9.47 Å². The van der Waals surface area contributed by atoms with E-state index >= 15 is 0 Å². The third kappa shape index (κ3) is 2.49. The fourth-order valence-corrected chi connectivity index (χ4v) is 1.74. The maximum absolute atomic E-state index is 5.53. The number of hydrogen-bond donors (Lipinski definition) is 0. The van der Waals surface area contributed by atoms with Gasteiger partial charge in [0.05, 0.1) is 13.2 Å². The van der Waals surface area contributed by atoms with Gasteiger partial charge in [0, 0.05) is 12.2 Å². The number of rotatable bonds is 4. The summed E-state index contributed by atoms with van der Waals surface area (Å²) in [5.74, 6) is 0. The lowest BCUT2D eigenvalue weighted by molar-refractivity contribution is -0.0425. The van der Waals surface area contributed by atoms with Crippen LogP contribution >= 0.6 is 0 Å². The van der Waals surface area contributed by atoms with Crippen molar-refractivity contribution in [2.24, 2.45) is 0 Å². The summed E-state index contributed by atoms with van der Waals surface area (Å²) in [6.45, 7) is 4.50. The molecule has 1 heterocycles. The van der Waals surface area contributed by atoms with Crippen molar-refractivity contribution >= 4 is 5.69 Å². The van der Waals surface area contributed by atoms with Crippen molar-refractivity contribution in [3.05, 3.63) is 30.3 Å². The van der Waals surface area contributed by atoms with E-state index in [2.05, 4.69) is 24.0 Å². The lowest BCUT2D eigenvalue weighted by atomic mass is 10.3. The van der Waals surface area contributed by atoms with E-state index in [9.17, 15) is 0 Å². The van der Waals surface area contributed by atoms with Gasteiger partial charge in [0.25, 0.3) is 0 Å². The normalized spacial score (nSPS) is 16.9. The molecule has 1 aromatic rings. The fraction of sp³-hybridized carbons (Fsp3) is 0.500. The zero-order valence-corrected chi connectivity index (χ0v) is 9.06. The molecule has 1 aromatic carbocycles. The maximum atomic E-state index is 5.53. The molecule has 0 aromatic heterocycles. The molecule has 15 heavy (non-hydrogen) atoms. The number of para-hydroxylation sites is 1. The number of ether oxygens (including phenoxy) is 2. The molecule has 82 valence electrons. The van der Waals surface area contributed by atoms with E-state index in [0.717, 1.165) is 18.7 Å². The summed E-state index contributed by atoms with van der Waals surface area (Å²) in [5, 5.41) is 0. The van der Waals surface area contributed by atoms with Gasteiger partial charge in [0.2, 0.25) is 6.41 Å². The Bertz CT molecular complexity index is 283. The standard InChI is InChI=1S/C12H17NO2/c1-2-8-13(12-14-9-10-15-12)11-6-4-3-5-7-11/h3-7,12H,2,8-10H2,1H3. The van der Waals surface area contributed by atoms with Crippen LogP contribution in [0.2, 0.25) is 0 Å². The molecular formula is C12H17NO2. The number of hydrogen-bond acceptors (Lipinski definition) is 3. The lowest BCUT2D eigenvalue weighted by Crippen LogP contribution is -2.36. The van der Waals surface area contributed by atoms with Gasteiger partial charge in [0.15, 0.2) is 0 Å². The van der Waals surface area contributed by atoms with Gasteiger partial charge >= 0.3 is 0 Å². The molecule has 0 bridgehead atoms. The second kappa shape index (κ2) is 5.14. The molecule has 0 N–H and O–H groups in total. The molecule has 1 fully saturated rings. The van der Waals surface area contributed by atoms with E-state index in [1.807, 2.05) is 18.2 Å². The quantitative estimate of drug-likeness (QED) is 0.755. The first-order valence-electron chi connectivity index (χ1n) is 5.46. The minimum absolute atomic E-state index is 0.202. The van der Waals surface area contributed by atoms with Crippen molar-refractivity contribution in [2.75, 3.05) is 24.7 Å². The number of nitrogens with zero attached hydrogens (tertiary/aromatic N) is 1. The summed E-state index contributed by atoms with van der Waals surface area (Å²) in [6, 6.07) is 10.3. The summed E-state index contributed by atoms with van der Waals surface area (Å²) in [4.78, 5) is 2.16. The molecule has 0 amide bonds. The van der Waals surface area contributed by atoms with Crippen molar-refractivity contribution in [2.45, 2.75) is 19.8 Å². The van der Waals surface area contributed by atoms with Crippen molar-refractivity contribution in [3.8, 4) is 0 Å². The first-order valence-corrected chi connectivity index (χ1v) is 5.46. The Balaban J connectivity index is 2.11. The highest BCUT2D eigenvalue weighted by Gasteiger charge is 2.23. The Morgan fingerprint density at radius 2 is 1.87 bits per heavy atom. The molecule has 0 unspecified atom stereocenters. The second-order valence-electron chi connectivity index (χ2n) is 3.58. The van der Waals surface area contributed by atoms with Crippen LogP contribution in [-0.4, -0.2) is 26.2 Å². The van der Waals surface area contributed by atoms with Crippen LogP contribution < -0.4 is 4.90 Å². The van der Waals surface area contributed by atoms with Gasteiger partial charge in [0.1, 0.15) is 0 Å². The average molecular weight is 207 g/mol. The highest BCUT2D eigenvalue weighted by atomic mass is 16.7. The van der Waals surface area contributed by atoms with Crippen molar-refractivity contribution in [1.29, 1.82) is 0 Å². The first-order chi connectivity index (χ1) is 7.42. The zero-order valence-electron chi connectivity index (χ0n) is 9.06. The lowest BCUT2D eigenvalue weighted by Gasteiger charge is -2.28. The van der Waals surface area contributed by atoms with Gasteiger partial charge in [-0.1, -0.05) is 25.1 Å². The van der Waals surface area contributed by atoms with Crippen LogP contribution in [0.5, 0.6) is 0 Å². The summed E-state index contributed by atoms with van der Waals surface area (Å²) in [7, 11) is 0. The van der Waals surface area contributed by atoms with E-state index in [1.165, 1.54) is 0 Å². The van der Waals surface area contributed by atoms with Crippen LogP contribution in [0.15, 0.2) is 30.3 Å². The van der Waals surface area contributed by atoms with Crippen LogP contribution in [0.25, 0.3) is 0 Å². The second-order valence-corrected chi connectivity index (χ2v) is 3.58. The summed E-state index contributed by atoms with van der Waals surface area (Å²) >= 11 is 0. The number of benzene rings is 1. The Hall–Kier alpha value is -1.06. The largest absolute Gasteiger partial charge is 0.333 e. The number of anilines is 1. The van der Waals surface area contributed by atoms with Crippen molar-refractivity contribution in [3.63, 3.8) is 0 Å². The van der Waals surface area contributed by atoms with Crippen LogP contribution in [0.3, 0.4) is 0 Å². The molecule has 1 saturated heterocycles. The molecule has 2 rings (SSSR count). The topological polar surface area (TPSA) is 21.7 Å². The zero-order chi connectivity index (χ0) is 10.5. The molecule has 0 saturated carbocycles. The van der Waals surface area contributed by atoms with Crippen LogP contribution in [0.1, 0.15) is 13.3 Å². The average Bonchev–Trinajstić information content (AvgIpc) is 2.80. The van der Waals surface area contributed by atoms with Crippen LogP contribution in [0, 0.1) is 0 Å². The predicted molar refractivity (Wildman–Crippen MR) is 59.8 cm³/mol. The van der Waals surface area contributed by atoms with E-state index < -0.39 is 0 Å². The molecule has 3 heteroatoms. The van der Waals surface area contributed by atoms with Crippen LogP contribution in [0.4, 0.5) is 5.69 Å². The first kappa shape index (κ1) is 10.5. The SMILES string of the molecule is CCCN(c1ccccc1)C1OCCO1. The van der Waals surface area contributed by atoms with Gasteiger partial charge in [-0.2, -0.15) is 0 Å². The Morgan fingerprint density at radius 1 is 1.20 bits per heavy atom. The molecular weight excluding hydrogens is 190 g/mol. The van der Waals surface area contributed by atoms with E-state index in [-0.39, 0.29) is 6.41 Å².